The first kappa shape index (κ1) is 10.7. The molecule has 1 aromatic carbocycles. The van der Waals surface area contributed by atoms with Crippen molar-refractivity contribution >= 4 is 17.6 Å². The van der Waals surface area contributed by atoms with Crippen molar-refractivity contribution in [3.63, 3.8) is 0 Å². The standard InChI is InChI=1S/C11H9ClN2O2/c1-14-10(6-9(13-14)11(15)16)7-3-2-4-8(12)5-7/h2-6H,1H3,(H,15,16). The summed E-state index contributed by atoms with van der Waals surface area (Å²) in [7, 11) is 1.70. The molecule has 4 nitrogen and oxygen atoms in total. The smallest absolute Gasteiger partial charge is 0.356 e. The lowest BCUT2D eigenvalue weighted by atomic mass is 10.1. The SMILES string of the molecule is Cn1nc(C(=O)O)cc1-c1cccc(Cl)c1. The van der Waals surface area contributed by atoms with Gasteiger partial charge < -0.3 is 5.11 Å². The molecule has 0 aliphatic heterocycles. The van der Waals surface area contributed by atoms with Crippen LogP contribution in [0.5, 0.6) is 0 Å². The second kappa shape index (κ2) is 3.98. The van der Waals surface area contributed by atoms with Gasteiger partial charge in [0.15, 0.2) is 5.69 Å². The highest BCUT2D eigenvalue weighted by molar-refractivity contribution is 6.30. The van der Waals surface area contributed by atoms with E-state index >= 15 is 0 Å². The Morgan fingerprint density at radius 3 is 2.75 bits per heavy atom. The quantitative estimate of drug-likeness (QED) is 0.871. The van der Waals surface area contributed by atoms with E-state index in [2.05, 4.69) is 5.10 Å². The van der Waals surface area contributed by atoms with Crippen LogP contribution >= 0.6 is 11.6 Å². The molecule has 0 amide bonds. The summed E-state index contributed by atoms with van der Waals surface area (Å²) in [5.74, 6) is -1.04. The van der Waals surface area contributed by atoms with Gasteiger partial charge in [-0.15, -0.1) is 0 Å². The van der Waals surface area contributed by atoms with Crippen LogP contribution in [0.15, 0.2) is 30.3 Å². The zero-order valence-corrected chi connectivity index (χ0v) is 9.27. The summed E-state index contributed by atoms with van der Waals surface area (Å²) in [5, 5.41) is 13.3. The molecule has 0 aliphatic rings. The minimum absolute atomic E-state index is 0.0254. The molecule has 0 spiro atoms. The van der Waals surface area contributed by atoms with Gasteiger partial charge in [-0.3, -0.25) is 4.68 Å². The zero-order chi connectivity index (χ0) is 11.7. The average Bonchev–Trinajstić information content (AvgIpc) is 2.60. The summed E-state index contributed by atoms with van der Waals surface area (Å²) >= 11 is 5.87. The van der Waals surface area contributed by atoms with Crippen LogP contribution in [0.25, 0.3) is 11.3 Å². The van der Waals surface area contributed by atoms with E-state index in [-0.39, 0.29) is 5.69 Å². The van der Waals surface area contributed by atoms with Gasteiger partial charge in [0.2, 0.25) is 0 Å². The summed E-state index contributed by atoms with van der Waals surface area (Å²) in [5.41, 5.74) is 1.59. The molecule has 1 N–H and O–H groups in total. The predicted molar refractivity (Wildman–Crippen MR) is 60.6 cm³/mol. The van der Waals surface area contributed by atoms with Crippen LogP contribution in [0.2, 0.25) is 5.02 Å². The molecule has 1 heterocycles. The fourth-order valence-corrected chi connectivity index (χ4v) is 1.68. The van der Waals surface area contributed by atoms with Gasteiger partial charge in [-0.2, -0.15) is 5.10 Å². The molecule has 0 saturated carbocycles. The Morgan fingerprint density at radius 1 is 1.44 bits per heavy atom. The number of aryl methyl sites for hydroxylation is 1. The van der Waals surface area contributed by atoms with Crippen molar-refractivity contribution in [1.29, 1.82) is 0 Å². The van der Waals surface area contributed by atoms with Crippen molar-refractivity contribution in [2.24, 2.45) is 7.05 Å². The molecule has 82 valence electrons. The number of halogens is 1. The molecule has 2 rings (SSSR count). The molecule has 0 atom stereocenters. The minimum Gasteiger partial charge on any atom is -0.476 e. The van der Waals surface area contributed by atoms with Crippen LogP contribution in [0, 0.1) is 0 Å². The normalized spacial score (nSPS) is 10.4. The van der Waals surface area contributed by atoms with E-state index in [9.17, 15) is 4.79 Å². The molecule has 1 aromatic heterocycles. The maximum absolute atomic E-state index is 10.8. The average molecular weight is 237 g/mol. The highest BCUT2D eigenvalue weighted by Gasteiger charge is 2.12. The molecule has 0 saturated heterocycles. The molecular weight excluding hydrogens is 228 g/mol. The monoisotopic (exact) mass is 236 g/mol. The number of nitrogens with zero attached hydrogens (tertiary/aromatic N) is 2. The van der Waals surface area contributed by atoms with E-state index in [1.54, 1.807) is 19.2 Å². The Balaban J connectivity index is 2.52. The van der Waals surface area contributed by atoms with Crippen LogP contribution in [-0.4, -0.2) is 20.9 Å². The fourth-order valence-electron chi connectivity index (χ4n) is 1.49. The van der Waals surface area contributed by atoms with Gasteiger partial charge in [0.05, 0.1) is 5.69 Å². The molecule has 2 aromatic rings. The predicted octanol–water partition coefficient (Wildman–Crippen LogP) is 2.44. The number of aromatic carboxylic acids is 1. The van der Waals surface area contributed by atoms with Crippen molar-refractivity contribution in [1.82, 2.24) is 9.78 Å². The topological polar surface area (TPSA) is 55.1 Å². The van der Waals surface area contributed by atoms with E-state index in [1.165, 1.54) is 10.7 Å². The number of hydrogen-bond donors (Lipinski definition) is 1. The summed E-state index contributed by atoms with van der Waals surface area (Å²) < 4.78 is 1.52. The van der Waals surface area contributed by atoms with E-state index in [4.69, 9.17) is 16.7 Å². The number of hydrogen-bond acceptors (Lipinski definition) is 2. The first-order chi connectivity index (χ1) is 7.58. The van der Waals surface area contributed by atoms with Crippen molar-refractivity contribution in [3.8, 4) is 11.3 Å². The van der Waals surface area contributed by atoms with E-state index < -0.39 is 5.97 Å². The summed E-state index contributed by atoms with van der Waals surface area (Å²) in [6, 6.07) is 8.72. The highest BCUT2D eigenvalue weighted by atomic mass is 35.5. The molecule has 0 fully saturated rings. The van der Waals surface area contributed by atoms with Crippen LogP contribution < -0.4 is 0 Å². The Hall–Kier alpha value is -1.81. The Labute approximate surface area is 97.1 Å². The van der Waals surface area contributed by atoms with Crippen molar-refractivity contribution < 1.29 is 9.90 Å². The Kier molecular flexibility index (Phi) is 2.66. The minimum atomic E-state index is -1.04. The second-order valence-corrected chi connectivity index (χ2v) is 3.79. The van der Waals surface area contributed by atoms with Crippen molar-refractivity contribution in [2.45, 2.75) is 0 Å². The number of benzene rings is 1. The van der Waals surface area contributed by atoms with Gasteiger partial charge in [0.1, 0.15) is 0 Å². The maximum Gasteiger partial charge on any atom is 0.356 e. The van der Waals surface area contributed by atoms with Gasteiger partial charge >= 0.3 is 5.97 Å². The van der Waals surface area contributed by atoms with Crippen molar-refractivity contribution in [3.05, 3.63) is 41.0 Å². The highest BCUT2D eigenvalue weighted by Crippen LogP contribution is 2.22. The molecular formula is C11H9ClN2O2. The van der Waals surface area contributed by atoms with Gasteiger partial charge in [-0.1, -0.05) is 23.7 Å². The first-order valence-corrected chi connectivity index (χ1v) is 4.99. The van der Waals surface area contributed by atoms with Gasteiger partial charge in [-0.05, 0) is 18.2 Å². The largest absolute Gasteiger partial charge is 0.476 e. The number of carboxylic acid groups (broad SMARTS) is 1. The lowest BCUT2D eigenvalue weighted by Gasteiger charge is -2.01. The number of aromatic nitrogens is 2. The molecule has 0 unspecified atom stereocenters. The molecule has 0 bridgehead atoms. The number of rotatable bonds is 2. The summed E-state index contributed by atoms with van der Waals surface area (Å²) in [6.07, 6.45) is 0. The third-order valence-corrected chi connectivity index (χ3v) is 2.45. The molecule has 0 radical (unpaired) electrons. The summed E-state index contributed by atoms with van der Waals surface area (Å²) in [4.78, 5) is 10.8. The van der Waals surface area contributed by atoms with Gasteiger partial charge in [0, 0.05) is 17.6 Å². The van der Waals surface area contributed by atoms with Crippen molar-refractivity contribution in [2.75, 3.05) is 0 Å². The van der Waals surface area contributed by atoms with Gasteiger partial charge in [-0.25, -0.2) is 4.79 Å². The lowest BCUT2D eigenvalue weighted by Crippen LogP contribution is -1.99. The van der Waals surface area contributed by atoms with E-state index in [0.29, 0.717) is 5.02 Å². The first-order valence-electron chi connectivity index (χ1n) is 4.61. The number of carbonyl (C=O) groups is 1. The van der Waals surface area contributed by atoms with Gasteiger partial charge in [0.25, 0.3) is 0 Å². The maximum atomic E-state index is 10.8. The number of carboxylic acids is 1. The van der Waals surface area contributed by atoms with Crippen LogP contribution in [0.1, 0.15) is 10.5 Å². The van der Waals surface area contributed by atoms with Crippen LogP contribution in [-0.2, 0) is 7.05 Å². The van der Waals surface area contributed by atoms with Crippen LogP contribution in [0.4, 0.5) is 0 Å². The lowest BCUT2D eigenvalue weighted by molar-refractivity contribution is 0.0689. The third-order valence-electron chi connectivity index (χ3n) is 2.22. The summed E-state index contributed by atoms with van der Waals surface area (Å²) in [6.45, 7) is 0. The third kappa shape index (κ3) is 1.92. The molecule has 5 heteroatoms. The fraction of sp³-hybridized carbons (Fsp3) is 0.0909. The van der Waals surface area contributed by atoms with E-state index in [1.807, 2.05) is 12.1 Å². The van der Waals surface area contributed by atoms with Crippen LogP contribution in [0.3, 0.4) is 0 Å². The van der Waals surface area contributed by atoms with E-state index in [0.717, 1.165) is 11.3 Å². The zero-order valence-electron chi connectivity index (χ0n) is 8.51. The second-order valence-electron chi connectivity index (χ2n) is 3.35. The molecule has 16 heavy (non-hydrogen) atoms. The Bertz CT molecular complexity index is 549. The Morgan fingerprint density at radius 2 is 2.19 bits per heavy atom. The molecule has 0 aliphatic carbocycles.